The van der Waals surface area contributed by atoms with Gasteiger partial charge in [0.05, 0.1) is 0 Å². The van der Waals surface area contributed by atoms with Gasteiger partial charge in [-0.05, 0) is 0 Å². The molecular weight excluding hydrogens is 308 g/mol. The number of hydrogen-bond donors (Lipinski definition) is 4. The third kappa shape index (κ3) is 6.07. The molecule has 104 valence electrons. The van der Waals surface area contributed by atoms with Crippen molar-refractivity contribution in [2.45, 2.75) is 10.7 Å². The van der Waals surface area contributed by atoms with Crippen LogP contribution in [0, 0.1) is 0 Å². The Morgan fingerprint density at radius 2 is 1.22 bits per heavy atom. The Kier molecular flexibility index (Phi) is 7.92. The number of thiocarbonyl (C=S) groups is 2. The lowest BCUT2D eigenvalue weighted by molar-refractivity contribution is 0.242. The molecule has 5 nitrogen and oxygen atoms in total. The van der Waals surface area contributed by atoms with Crippen molar-refractivity contribution in [2.24, 2.45) is 0 Å². The average Bonchev–Trinajstić information content (AvgIpc) is 2.25. The molecule has 2 amide bonds. The normalized spacial score (nSPS) is 13.2. The van der Waals surface area contributed by atoms with Crippen LogP contribution < -0.4 is 10.6 Å². The van der Waals surface area contributed by atoms with E-state index in [1.807, 2.05) is 0 Å². The van der Waals surface area contributed by atoms with Gasteiger partial charge in [0.15, 0.2) is 0 Å². The third-order valence-corrected chi connectivity index (χ3v) is 4.18. The molecule has 2 N–H and O–H groups in total. The number of amides is 2. The van der Waals surface area contributed by atoms with Gasteiger partial charge in [-0.25, -0.2) is 4.79 Å². The van der Waals surface area contributed by atoms with E-state index in [1.54, 1.807) is 38.0 Å². The van der Waals surface area contributed by atoms with Gasteiger partial charge in [0, 0.05) is 28.2 Å². The first-order valence-electron chi connectivity index (χ1n) is 5.02. The summed E-state index contributed by atoms with van der Waals surface area (Å²) in [5.74, 6) is 0. The molecule has 0 radical (unpaired) electrons. The van der Waals surface area contributed by atoms with E-state index in [0.717, 1.165) is 0 Å². The van der Waals surface area contributed by atoms with Crippen LogP contribution in [-0.4, -0.2) is 64.7 Å². The zero-order valence-corrected chi connectivity index (χ0v) is 14.1. The van der Waals surface area contributed by atoms with Gasteiger partial charge in [-0.3, -0.25) is 0 Å². The Balaban J connectivity index is 4.28. The van der Waals surface area contributed by atoms with Crippen LogP contribution in [0.25, 0.3) is 0 Å². The number of nitrogens with one attached hydrogen (secondary N) is 2. The van der Waals surface area contributed by atoms with E-state index in [2.05, 4.69) is 35.9 Å². The quantitative estimate of drug-likeness (QED) is 0.346. The molecular formula is C9H18N4OS4. The van der Waals surface area contributed by atoms with Gasteiger partial charge in [0.25, 0.3) is 0 Å². The highest BCUT2D eigenvalue weighted by Gasteiger charge is 2.18. The van der Waals surface area contributed by atoms with Crippen molar-refractivity contribution in [3.8, 4) is 0 Å². The number of hydrogen-bond acceptors (Lipinski definition) is 5. The Labute approximate surface area is 129 Å². The molecule has 0 bridgehead atoms. The van der Waals surface area contributed by atoms with Crippen LogP contribution in [0.5, 0.6) is 0 Å². The maximum atomic E-state index is 11.6. The Hall–Kier alpha value is -0.250. The number of carbonyl (C=O) groups excluding carboxylic acids is 1. The first-order valence-corrected chi connectivity index (χ1v) is 6.87. The minimum absolute atomic E-state index is 0.427. The molecule has 0 aliphatic rings. The summed E-state index contributed by atoms with van der Waals surface area (Å²) in [6.45, 7) is 0. The number of rotatable bonds is 4. The molecule has 2 unspecified atom stereocenters. The van der Waals surface area contributed by atoms with Crippen molar-refractivity contribution in [3.05, 3.63) is 0 Å². The summed E-state index contributed by atoms with van der Waals surface area (Å²) in [5.41, 5.74) is 0. The van der Waals surface area contributed by atoms with Gasteiger partial charge in [0.2, 0.25) is 0 Å². The van der Waals surface area contributed by atoms with Crippen molar-refractivity contribution in [2.75, 3.05) is 28.2 Å². The topological polar surface area (TPSA) is 47.6 Å². The highest BCUT2D eigenvalue weighted by Crippen LogP contribution is 2.00. The molecule has 0 fully saturated rings. The van der Waals surface area contributed by atoms with Crippen LogP contribution >= 0.6 is 49.7 Å². The summed E-state index contributed by atoms with van der Waals surface area (Å²) in [5, 5.41) is 4.10. The van der Waals surface area contributed by atoms with Crippen LogP contribution in [0.3, 0.4) is 0 Å². The van der Waals surface area contributed by atoms with Crippen molar-refractivity contribution in [1.29, 1.82) is 0 Å². The predicted molar refractivity (Wildman–Crippen MR) is 89.8 cm³/mol. The maximum absolute atomic E-state index is 11.6. The molecule has 9 heteroatoms. The van der Waals surface area contributed by atoms with Gasteiger partial charge in [-0.2, -0.15) is 0 Å². The Bertz CT molecular complexity index is 305. The molecule has 0 aromatic rings. The minimum Gasteiger partial charge on any atom is -0.370 e. The zero-order valence-electron chi connectivity index (χ0n) is 10.7. The van der Waals surface area contributed by atoms with Crippen LogP contribution in [0.1, 0.15) is 0 Å². The molecule has 0 aliphatic carbocycles. The second-order valence-electron chi connectivity index (χ2n) is 3.89. The number of likely N-dealkylation sites (N-methyl/N-ethyl adjacent to an activating group) is 2. The van der Waals surface area contributed by atoms with E-state index in [4.69, 9.17) is 24.4 Å². The largest absolute Gasteiger partial charge is 0.370 e. The van der Waals surface area contributed by atoms with Crippen LogP contribution in [-0.2, 0) is 0 Å². The number of urea groups is 1. The molecule has 0 aliphatic heterocycles. The number of thiol groups is 2. The van der Waals surface area contributed by atoms with Crippen LogP contribution in [0.4, 0.5) is 4.79 Å². The molecule has 0 aromatic carbocycles. The van der Waals surface area contributed by atoms with Gasteiger partial charge >= 0.3 is 6.03 Å². The second kappa shape index (κ2) is 8.03. The van der Waals surface area contributed by atoms with Gasteiger partial charge in [-0.1, -0.05) is 24.4 Å². The fourth-order valence-corrected chi connectivity index (χ4v) is 1.72. The first-order chi connectivity index (χ1) is 8.16. The minimum atomic E-state index is -0.538. The second-order valence-corrected chi connectivity index (χ2v) is 5.76. The van der Waals surface area contributed by atoms with Crippen LogP contribution in [0.2, 0.25) is 0 Å². The van der Waals surface area contributed by atoms with Gasteiger partial charge < -0.3 is 20.4 Å². The predicted octanol–water partition coefficient (Wildman–Crippen LogP) is 0.575. The standard InChI is InChI=1S/C9H18N4OS4/c1-12(2)7(17)5(15)10-9(14)11-6(16)8(18)13(3)4/h5-6,15-16H,1-4H3,(H2,10,11,14). The molecule has 2 atom stereocenters. The zero-order chi connectivity index (χ0) is 14.5. The summed E-state index contributed by atoms with van der Waals surface area (Å²) in [7, 11) is 7.14. The Morgan fingerprint density at radius 3 is 1.44 bits per heavy atom. The first kappa shape index (κ1) is 17.8. The van der Waals surface area contributed by atoms with Gasteiger partial charge in [-0.15, -0.1) is 25.3 Å². The summed E-state index contributed by atoms with van der Waals surface area (Å²) in [6.07, 6.45) is 0. The monoisotopic (exact) mass is 326 g/mol. The third-order valence-electron chi connectivity index (χ3n) is 1.89. The van der Waals surface area contributed by atoms with E-state index in [9.17, 15) is 4.79 Å². The summed E-state index contributed by atoms with van der Waals surface area (Å²) >= 11 is 18.6. The molecule has 18 heavy (non-hydrogen) atoms. The summed E-state index contributed by atoms with van der Waals surface area (Å²) in [6, 6.07) is -0.427. The molecule has 0 saturated carbocycles. The van der Waals surface area contributed by atoms with Crippen LogP contribution in [0.15, 0.2) is 0 Å². The number of nitrogens with zero attached hydrogens (tertiary/aromatic N) is 2. The van der Waals surface area contributed by atoms with Crippen molar-refractivity contribution >= 4 is 65.7 Å². The average molecular weight is 327 g/mol. The summed E-state index contributed by atoms with van der Waals surface area (Å²) in [4.78, 5) is 16.1. The lowest BCUT2D eigenvalue weighted by Crippen LogP contribution is -2.50. The molecule has 0 heterocycles. The van der Waals surface area contributed by atoms with E-state index in [-0.39, 0.29) is 0 Å². The fraction of sp³-hybridized carbons (Fsp3) is 0.667. The van der Waals surface area contributed by atoms with Crippen molar-refractivity contribution in [3.63, 3.8) is 0 Å². The molecule has 0 aromatic heterocycles. The fourth-order valence-electron chi connectivity index (χ4n) is 0.903. The van der Waals surface area contributed by atoms with Crippen molar-refractivity contribution in [1.82, 2.24) is 20.4 Å². The maximum Gasteiger partial charge on any atom is 0.317 e. The SMILES string of the molecule is CN(C)C(=S)C(S)NC(=O)NC(S)C(=S)N(C)C. The summed E-state index contributed by atoms with van der Waals surface area (Å²) < 4.78 is 0. The molecule has 0 saturated heterocycles. The molecule has 0 rings (SSSR count). The smallest absolute Gasteiger partial charge is 0.317 e. The molecule has 0 spiro atoms. The Morgan fingerprint density at radius 1 is 0.944 bits per heavy atom. The number of carbonyl (C=O) groups is 1. The van der Waals surface area contributed by atoms with Gasteiger partial charge in [0.1, 0.15) is 20.7 Å². The van der Waals surface area contributed by atoms with E-state index >= 15 is 0 Å². The van der Waals surface area contributed by atoms with Crippen molar-refractivity contribution < 1.29 is 4.79 Å². The van der Waals surface area contributed by atoms with E-state index in [1.165, 1.54) is 0 Å². The highest BCUT2D eigenvalue weighted by atomic mass is 32.1. The lowest BCUT2D eigenvalue weighted by Gasteiger charge is -2.23. The van der Waals surface area contributed by atoms with E-state index in [0.29, 0.717) is 9.98 Å². The lowest BCUT2D eigenvalue weighted by atomic mass is 10.5. The van der Waals surface area contributed by atoms with E-state index < -0.39 is 16.8 Å². The highest BCUT2D eigenvalue weighted by molar-refractivity contribution is 7.87.